The van der Waals surface area contributed by atoms with Crippen LogP contribution in [0.25, 0.3) is 0 Å². The minimum absolute atomic E-state index is 0.0884. The van der Waals surface area contributed by atoms with Gasteiger partial charge in [0.25, 0.3) is 0 Å². The van der Waals surface area contributed by atoms with Gasteiger partial charge in [-0.3, -0.25) is 0 Å². The van der Waals surface area contributed by atoms with Crippen LogP contribution in [0.2, 0.25) is 0 Å². The highest BCUT2D eigenvalue weighted by Crippen LogP contribution is 2.40. The number of aromatic nitrogens is 2. The molecule has 4 N–H and O–H groups in total. The number of hydrogen-bond donors (Lipinski definition) is 2. The van der Waals surface area contributed by atoms with Crippen molar-refractivity contribution >= 4 is 11.5 Å². The van der Waals surface area contributed by atoms with Crippen LogP contribution in [0, 0.1) is 0 Å². The van der Waals surface area contributed by atoms with Crippen molar-refractivity contribution in [2.75, 3.05) is 11.5 Å². The van der Waals surface area contributed by atoms with Crippen molar-refractivity contribution in [3.05, 3.63) is 6.33 Å². The van der Waals surface area contributed by atoms with Gasteiger partial charge in [0, 0.05) is 0 Å². The zero-order valence-corrected chi connectivity index (χ0v) is 7.45. The van der Waals surface area contributed by atoms with E-state index in [2.05, 4.69) is 9.97 Å². The molecule has 70 valence electrons. The van der Waals surface area contributed by atoms with Gasteiger partial charge in [-0.2, -0.15) is 4.98 Å². The molecule has 1 fully saturated rings. The third-order valence-electron chi connectivity index (χ3n) is 2.18. The van der Waals surface area contributed by atoms with Crippen LogP contribution in [0.4, 0.5) is 11.5 Å². The van der Waals surface area contributed by atoms with E-state index in [1.165, 1.54) is 6.33 Å². The third kappa shape index (κ3) is 1.49. The molecule has 1 heterocycles. The minimum Gasteiger partial charge on any atom is -0.470 e. The highest BCUT2D eigenvalue weighted by atomic mass is 16.5. The number of nitrogens with two attached hydrogens (primary N) is 2. The molecule has 5 heteroatoms. The third-order valence-corrected chi connectivity index (χ3v) is 2.18. The number of nitrogen functional groups attached to an aromatic ring is 2. The molecule has 0 amide bonds. The first-order valence-electron chi connectivity index (χ1n) is 4.16. The van der Waals surface area contributed by atoms with Crippen LogP contribution in [-0.4, -0.2) is 15.6 Å². The van der Waals surface area contributed by atoms with Crippen molar-refractivity contribution < 1.29 is 4.74 Å². The summed E-state index contributed by atoms with van der Waals surface area (Å²) in [7, 11) is 0. The van der Waals surface area contributed by atoms with Gasteiger partial charge in [0.2, 0.25) is 5.88 Å². The molecule has 1 aliphatic rings. The molecule has 1 aromatic rings. The summed E-state index contributed by atoms with van der Waals surface area (Å²) in [5.74, 6) is 0.668. The molecule has 0 aromatic carbocycles. The van der Waals surface area contributed by atoms with E-state index in [4.69, 9.17) is 16.2 Å². The molecule has 0 bridgehead atoms. The van der Waals surface area contributed by atoms with E-state index < -0.39 is 0 Å². The lowest BCUT2D eigenvalue weighted by molar-refractivity contribution is 0.193. The Balaban J connectivity index is 2.25. The Kier molecular flexibility index (Phi) is 1.55. The normalized spacial score (nSPS) is 18.2. The van der Waals surface area contributed by atoms with Crippen LogP contribution in [0.5, 0.6) is 5.88 Å². The molecular formula is C8H12N4O. The van der Waals surface area contributed by atoms with Gasteiger partial charge in [-0.05, 0) is 19.8 Å². The average molecular weight is 180 g/mol. The minimum atomic E-state index is -0.0884. The number of rotatable bonds is 2. The van der Waals surface area contributed by atoms with Crippen molar-refractivity contribution in [3.63, 3.8) is 0 Å². The van der Waals surface area contributed by atoms with E-state index in [0.29, 0.717) is 11.6 Å². The van der Waals surface area contributed by atoms with Crippen molar-refractivity contribution in [2.45, 2.75) is 25.4 Å². The molecule has 0 atom stereocenters. The molecule has 0 saturated heterocycles. The number of anilines is 2. The van der Waals surface area contributed by atoms with Gasteiger partial charge in [-0.25, -0.2) is 4.98 Å². The quantitative estimate of drug-likeness (QED) is 0.694. The summed E-state index contributed by atoms with van der Waals surface area (Å²) >= 11 is 0. The predicted molar refractivity (Wildman–Crippen MR) is 49.1 cm³/mol. The van der Waals surface area contributed by atoms with E-state index in [9.17, 15) is 0 Å². The Morgan fingerprint density at radius 2 is 2.08 bits per heavy atom. The Hall–Kier alpha value is -1.52. The summed E-state index contributed by atoms with van der Waals surface area (Å²) in [5, 5.41) is 0. The van der Waals surface area contributed by atoms with Crippen molar-refractivity contribution in [1.29, 1.82) is 0 Å². The second kappa shape index (κ2) is 2.48. The highest BCUT2D eigenvalue weighted by Gasteiger charge is 2.41. The fourth-order valence-electron chi connectivity index (χ4n) is 0.985. The molecule has 0 spiro atoms. The fraction of sp³-hybridized carbons (Fsp3) is 0.500. The molecule has 13 heavy (non-hydrogen) atoms. The topological polar surface area (TPSA) is 87.0 Å². The Morgan fingerprint density at radius 1 is 1.38 bits per heavy atom. The molecule has 1 aliphatic carbocycles. The largest absolute Gasteiger partial charge is 0.470 e. The zero-order valence-electron chi connectivity index (χ0n) is 7.45. The Bertz CT molecular complexity index is 335. The van der Waals surface area contributed by atoms with E-state index in [-0.39, 0.29) is 11.4 Å². The first-order valence-corrected chi connectivity index (χ1v) is 4.16. The maximum Gasteiger partial charge on any atom is 0.243 e. The summed E-state index contributed by atoms with van der Waals surface area (Å²) in [6, 6.07) is 0. The van der Waals surface area contributed by atoms with Gasteiger partial charge in [0.1, 0.15) is 17.6 Å². The average Bonchev–Trinajstić information content (AvgIpc) is 2.78. The summed E-state index contributed by atoms with van der Waals surface area (Å²) in [5.41, 5.74) is 11.4. The number of hydrogen-bond acceptors (Lipinski definition) is 5. The molecule has 1 aromatic heterocycles. The number of nitrogens with zero attached hydrogens (tertiary/aromatic N) is 2. The predicted octanol–water partition coefficient (Wildman–Crippen LogP) is 0.572. The van der Waals surface area contributed by atoms with Crippen molar-refractivity contribution in [2.24, 2.45) is 0 Å². The van der Waals surface area contributed by atoms with Crippen molar-refractivity contribution in [3.8, 4) is 5.88 Å². The van der Waals surface area contributed by atoms with Crippen LogP contribution in [0.15, 0.2) is 6.33 Å². The summed E-state index contributed by atoms with van der Waals surface area (Å²) in [6.45, 7) is 2.02. The first-order chi connectivity index (χ1) is 6.11. The van der Waals surface area contributed by atoms with E-state index in [0.717, 1.165) is 12.8 Å². The second-order valence-corrected chi connectivity index (χ2v) is 3.53. The van der Waals surface area contributed by atoms with Crippen LogP contribution in [0.1, 0.15) is 19.8 Å². The van der Waals surface area contributed by atoms with Crippen LogP contribution < -0.4 is 16.2 Å². The van der Waals surface area contributed by atoms with Crippen LogP contribution in [-0.2, 0) is 0 Å². The molecule has 0 radical (unpaired) electrons. The summed E-state index contributed by atoms with van der Waals surface area (Å²) in [4.78, 5) is 7.68. The lowest BCUT2D eigenvalue weighted by atomic mass is 10.4. The van der Waals surface area contributed by atoms with Gasteiger partial charge in [0.15, 0.2) is 5.82 Å². The Morgan fingerprint density at radius 3 is 2.69 bits per heavy atom. The fourth-order valence-corrected chi connectivity index (χ4v) is 0.985. The lowest BCUT2D eigenvalue weighted by Gasteiger charge is -2.13. The van der Waals surface area contributed by atoms with Crippen molar-refractivity contribution in [1.82, 2.24) is 9.97 Å². The van der Waals surface area contributed by atoms with Gasteiger partial charge < -0.3 is 16.2 Å². The van der Waals surface area contributed by atoms with Crippen LogP contribution in [0.3, 0.4) is 0 Å². The van der Waals surface area contributed by atoms with Crippen LogP contribution >= 0.6 is 0 Å². The van der Waals surface area contributed by atoms with Gasteiger partial charge in [-0.1, -0.05) is 0 Å². The zero-order chi connectivity index (χ0) is 9.47. The molecule has 0 aliphatic heterocycles. The molecule has 2 rings (SSSR count). The maximum absolute atomic E-state index is 5.64. The van der Waals surface area contributed by atoms with Gasteiger partial charge in [-0.15, -0.1) is 0 Å². The van der Waals surface area contributed by atoms with E-state index in [1.54, 1.807) is 0 Å². The van der Waals surface area contributed by atoms with E-state index in [1.807, 2.05) is 6.92 Å². The number of ether oxygens (including phenoxy) is 1. The molecule has 5 nitrogen and oxygen atoms in total. The lowest BCUT2D eigenvalue weighted by Crippen LogP contribution is -2.15. The smallest absolute Gasteiger partial charge is 0.243 e. The molecule has 1 saturated carbocycles. The second-order valence-electron chi connectivity index (χ2n) is 3.53. The van der Waals surface area contributed by atoms with Gasteiger partial charge in [0.05, 0.1) is 0 Å². The monoisotopic (exact) mass is 180 g/mol. The van der Waals surface area contributed by atoms with Gasteiger partial charge >= 0.3 is 0 Å². The summed E-state index contributed by atoms with van der Waals surface area (Å²) < 4.78 is 5.57. The molecular weight excluding hydrogens is 168 g/mol. The SMILES string of the molecule is CC1(Oc2ncnc(N)c2N)CC1. The first kappa shape index (κ1) is 8.10. The highest BCUT2D eigenvalue weighted by molar-refractivity contribution is 5.63. The maximum atomic E-state index is 5.64. The summed E-state index contributed by atoms with van der Waals surface area (Å²) in [6.07, 6.45) is 3.43. The molecule has 0 unspecified atom stereocenters. The standard InChI is InChI=1S/C8H12N4O/c1-8(2-3-8)13-7-5(9)6(10)11-4-12-7/h4H,2-3,9H2,1H3,(H2,10,11,12). The Labute approximate surface area is 76.1 Å². The van der Waals surface area contributed by atoms with E-state index >= 15 is 0 Å².